The first-order valence-corrected chi connectivity index (χ1v) is 13.2. The Labute approximate surface area is 173 Å². The molecule has 0 amide bonds. The average Bonchev–Trinajstić information content (AvgIpc) is 3.08. The Bertz CT molecular complexity index is 656. The Morgan fingerprint density at radius 1 is 1.17 bits per heavy atom. The van der Waals surface area contributed by atoms with Gasteiger partial charge in [0.2, 0.25) is 0 Å². The SMILES string of the molecule is COC(=O)[C@@]12C(=O)CCC3(OCCO3)[C@@H]1[C@H](O)C[C@@H](O)[C@H]2O[Si](C)(C)C(C)(C)C. The molecule has 1 saturated heterocycles. The normalized spacial score (nSPS) is 37.4. The largest absolute Gasteiger partial charge is 0.468 e. The van der Waals surface area contributed by atoms with Crippen molar-refractivity contribution in [1.82, 2.24) is 0 Å². The molecule has 1 aliphatic heterocycles. The summed E-state index contributed by atoms with van der Waals surface area (Å²) in [5.74, 6) is -3.49. The Morgan fingerprint density at radius 2 is 1.76 bits per heavy atom. The minimum atomic E-state index is -2.50. The number of ketones is 1. The van der Waals surface area contributed by atoms with Crippen LogP contribution in [-0.4, -0.2) is 74.7 Å². The summed E-state index contributed by atoms with van der Waals surface area (Å²) < 4.78 is 23.4. The summed E-state index contributed by atoms with van der Waals surface area (Å²) in [6, 6.07) is 0. The molecule has 1 spiro atoms. The van der Waals surface area contributed by atoms with Crippen molar-refractivity contribution >= 4 is 20.1 Å². The number of hydrogen-bond acceptors (Lipinski definition) is 8. The molecule has 2 aliphatic carbocycles. The molecular weight excluding hydrogens is 396 g/mol. The second kappa shape index (κ2) is 7.39. The third-order valence-corrected chi connectivity index (χ3v) is 11.8. The van der Waals surface area contributed by atoms with Crippen LogP contribution in [0.25, 0.3) is 0 Å². The molecule has 3 rings (SSSR count). The lowest BCUT2D eigenvalue weighted by atomic mass is 9.53. The van der Waals surface area contributed by atoms with Crippen molar-refractivity contribution in [3.05, 3.63) is 0 Å². The van der Waals surface area contributed by atoms with Crippen molar-refractivity contribution in [2.45, 2.75) is 82.3 Å². The van der Waals surface area contributed by atoms with E-state index in [0.29, 0.717) is 13.2 Å². The topological polar surface area (TPSA) is 112 Å². The molecule has 0 aromatic carbocycles. The third kappa shape index (κ3) is 3.30. The maximum absolute atomic E-state index is 13.4. The van der Waals surface area contributed by atoms with E-state index in [1.54, 1.807) is 0 Å². The van der Waals surface area contributed by atoms with Crippen LogP contribution in [0.3, 0.4) is 0 Å². The number of methoxy groups -OCH3 is 1. The fourth-order valence-corrected chi connectivity index (χ4v) is 6.23. The molecule has 3 fully saturated rings. The fraction of sp³-hybridized carbons (Fsp3) is 0.900. The summed E-state index contributed by atoms with van der Waals surface area (Å²) in [7, 11) is -1.30. The van der Waals surface area contributed by atoms with Gasteiger partial charge in [0.25, 0.3) is 0 Å². The highest BCUT2D eigenvalue weighted by Crippen LogP contribution is 2.58. The predicted octanol–water partition coefficient (Wildman–Crippen LogP) is 1.38. The summed E-state index contributed by atoms with van der Waals surface area (Å²) in [6.45, 7) is 10.7. The van der Waals surface area contributed by atoms with Gasteiger partial charge in [-0.25, -0.2) is 0 Å². The zero-order valence-electron chi connectivity index (χ0n) is 18.2. The van der Waals surface area contributed by atoms with Gasteiger partial charge in [0, 0.05) is 19.3 Å². The van der Waals surface area contributed by atoms with Gasteiger partial charge < -0.3 is 28.8 Å². The maximum Gasteiger partial charge on any atom is 0.322 e. The lowest BCUT2D eigenvalue weighted by Crippen LogP contribution is -2.74. The van der Waals surface area contributed by atoms with Gasteiger partial charge in [-0.15, -0.1) is 0 Å². The zero-order valence-corrected chi connectivity index (χ0v) is 19.2. The molecule has 2 N–H and O–H groups in total. The Morgan fingerprint density at radius 3 is 2.28 bits per heavy atom. The quantitative estimate of drug-likeness (QED) is 0.392. The molecule has 0 radical (unpaired) electrons. The van der Waals surface area contributed by atoms with Crippen molar-refractivity contribution in [3.8, 4) is 0 Å². The molecule has 0 unspecified atom stereocenters. The lowest BCUT2D eigenvalue weighted by Gasteiger charge is -2.58. The minimum Gasteiger partial charge on any atom is -0.468 e. The molecule has 5 atom stereocenters. The van der Waals surface area contributed by atoms with Crippen LogP contribution in [0.1, 0.15) is 40.0 Å². The summed E-state index contributed by atoms with van der Waals surface area (Å²) in [5.41, 5.74) is -1.88. The second-order valence-corrected chi connectivity index (χ2v) is 14.7. The van der Waals surface area contributed by atoms with Crippen molar-refractivity contribution in [2.24, 2.45) is 11.3 Å². The van der Waals surface area contributed by atoms with Crippen LogP contribution in [0.2, 0.25) is 18.1 Å². The first-order chi connectivity index (χ1) is 13.3. The number of aliphatic hydroxyl groups excluding tert-OH is 2. The van der Waals surface area contributed by atoms with Crippen molar-refractivity contribution in [3.63, 3.8) is 0 Å². The molecule has 2 saturated carbocycles. The van der Waals surface area contributed by atoms with E-state index in [4.69, 9.17) is 18.6 Å². The summed E-state index contributed by atoms with van der Waals surface area (Å²) in [5, 5.41) is 21.7. The molecule has 8 nitrogen and oxygen atoms in total. The van der Waals surface area contributed by atoms with Crippen LogP contribution in [0.4, 0.5) is 0 Å². The van der Waals surface area contributed by atoms with Gasteiger partial charge in [-0.3, -0.25) is 9.59 Å². The first kappa shape index (κ1) is 22.8. The molecule has 29 heavy (non-hydrogen) atoms. The molecule has 0 aromatic rings. The minimum absolute atomic E-state index is 0.0163. The molecule has 3 aliphatic rings. The molecule has 1 heterocycles. The van der Waals surface area contributed by atoms with Crippen LogP contribution in [0.15, 0.2) is 0 Å². The summed E-state index contributed by atoms with van der Waals surface area (Å²) in [6.07, 6.45) is -3.29. The number of ether oxygens (including phenoxy) is 3. The number of rotatable bonds is 3. The van der Waals surface area contributed by atoms with Gasteiger partial charge in [-0.05, 0) is 18.1 Å². The summed E-state index contributed by atoms with van der Waals surface area (Å²) in [4.78, 5) is 26.7. The van der Waals surface area contributed by atoms with E-state index in [2.05, 4.69) is 0 Å². The summed E-state index contributed by atoms with van der Waals surface area (Å²) >= 11 is 0. The number of hydrogen-bond donors (Lipinski definition) is 2. The third-order valence-electron chi connectivity index (χ3n) is 7.32. The lowest BCUT2D eigenvalue weighted by molar-refractivity contribution is -0.289. The van der Waals surface area contributed by atoms with Crippen LogP contribution in [0.5, 0.6) is 0 Å². The highest BCUT2D eigenvalue weighted by atomic mass is 28.4. The zero-order chi connectivity index (χ0) is 21.8. The van der Waals surface area contributed by atoms with Crippen LogP contribution in [-0.2, 0) is 28.2 Å². The van der Waals surface area contributed by atoms with E-state index in [9.17, 15) is 19.8 Å². The predicted molar refractivity (Wildman–Crippen MR) is 106 cm³/mol. The van der Waals surface area contributed by atoms with Crippen molar-refractivity contribution in [1.29, 1.82) is 0 Å². The molecule has 0 aromatic heterocycles. The number of fused-ring (bicyclic) bond motifs is 2. The monoisotopic (exact) mass is 430 g/mol. The first-order valence-electron chi connectivity index (χ1n) is 10.3. The van der Waals surface area contributed by atoms with Crippen LogP contribution in [0, 0.1) is 11.3 Å². The molecule has 166 valence electrons. The average molecular weight is 431 g/mol. The number of esters is 1. The van der Waals surface area contributed by atoms with E-state index in [0.717, 1.165) is 0 Å². The van der Waals surface area contributed by atoms with Crippen LogP contribution >= 0.6 is 0 Å². The van der Waals surface area contributed by atoms with Gasteiger partial charge in [-0.1, -0.05) is 20.8 Å². The van der Waals surface area contributed by atoms with Gasteiger partial charge in [0.1, 0.15) is 0 Å². The highest BCUT2D eigenvalue weighted by Gasteiger charge is 2.74. The van der Waals surface area contributed by atoms with Gasteiger partial charge in [-0.2, -0.15) is 0 Å². The number of carbonyl (C=O) groups is 2. The van der Waals surface area contributed by atoms with Gasteiger partial charge >= 0.3 is 5.97 Å². The van der Waals surface area contributed by atoms with Gasteiger partial charge in [0.15, 0.2) is 25.3 Å². The fourth-order valence-electron chi connectivity index (χ4n) is 4.90. The van der Waals surface area contributed by atoms with Gasteiger partial charge in [0.05, 0.1) is 44.6 Å². The van der Waals surface area contributed by atoms with E-state index < -0.39 is 55.5 Å². The molecule has 9 heteroatoms. The molecule has 0 bridgehead atoms. The van der Waals surface area contributed by atoms with E-state index in [-0.39, 0.29) is 24.3 Å². The standard InChI is InChI=1S/C20H34O8Si/c1-18(2,3)29(5,6)28-16-13(22)11-12(21)15-19(26-9-10-27-19)8-7-14(23)20(15,16)17(24)25-4/h12-13,15-16,21-22H,7-11H2,1-6H3/t12-,13-,15+,16-,20+/m1/s1. The van der Waals surface area contributed by atoms with E-state index in [1.165, 1.54) is 7.11 Å². The molecular formula is C20H34O8Si. The number of carbonyl (C=O) groups excluding carboxylic acids is 2. The Balaban J connectivity index is 2.18. The number of Topliss-reactive ketones (excluding diaryl/α,β-unsaturated/α-hetero) is 1. The smallest absolute Gasteiger partial charge is 0.322 e. The van der Waals surface area contributed by atoms with E-state index >= 15 is 0 Å². The maximum atomic E-state index is 13.4. The van der Waals surface area contributed by atoms with Crippen molar-refractivity contribution < 1.29 is 38.4 Å². The number of aliphatic hydroxyl groups is 2. The van der Waals surface area contributed by atoms with Crippen molar-refractivity contribution in [2.75, 3.05) is 20.3 Å². The van der Waals surface area contributed by atoms with E-state index in [1.807, 2.05) is 33.9 Å². The second-order valence-electron chi connectivity index (χ2n) is 9.94. The van der Waals surface area contributed by atoms with Crippen LogP contribution < -0.4 is 0 Å². The highest BCUT2D eigenvalue weighted by molar-refractivity contribution is 6.74. The Hall–Kier alpha value is -0.843. The Kier molecular flexibility index (Phi) is 5.82.